The summed E-state index contributed by atoms with van der Waals surface area (Å²) in [7, 11) is 1.35. The van der Waals surface area contributed by atoms with Crippen molar-refractivity contribution in [3.63, 3.8) is 0 Å². The number of methoxy groups -OCH3 is 1. The van der Waals surface area contributed by atoms with Crippen molar-refractivity contribution in [1.29, 1.82) is 0 Å². The predicted octanol–water partition coefficient (Wildman–Crippen LogP) is 4.87. The van der Waals surface area contributed by atoms with E-state index in [0.29, 0.717) is 22.6 Å². The first kappa shape index (κ1) is 21.9. The second-order valence-corrected chi connectivity index (χ2v) is 7.10. The summed E-state index contributed by atoms with van der Waals surface area (Å²) >= 11 is 0. The van der Waals surface area contributed by atoms with E-state index in [1.165, 1.54) is 13.2 Å². The third-order valence-electron chi connectivity index (χ3n) is 4.82. The number of hydrogen-bond donors (Lipinski definition) is 1. The molecular weight excluding hydrogens is 396 g/mol. The van der Waals surface area contributed by atoms with Crippen molar-refractivity contribution in [1.82, 2.24) is 0 Å². The summed E-state index contributed by atoms with van der Waals surface area (Å²) in [6.45, 7) is 3.59. The zero-order chi connectivity index (χ0) is 22.4. The maximum atomic E-state index is 12.7. The normalized spacial score (nSPS) is 10.4. The molecule has 0 aliphatic carbocycles. The van der Waals surface area contributed by atoms with Crippen LogP contribution in [0.4, 0.5) is 0 Å². The summed E-state index contributed by atoms with van der Waals surface area (Å²) in [4.78, 5) is 24.1. The number of carbonyl (C=O) groups is 2. The molecule has 0 unspecified atom stereocenters. The number of aromatic hydroxyl groups is 1. The number of phenols is 1. The van der Waals surface area contributed by atoms with E-state index in [2.05, 4.69) is 4.74 Å². The highest BCUT2D eigenvalue weighted by Crippen LogP contribution is 2.36. The lowest BCUT2D eigenvalue weighted by atomic mass is 10.0. The van der Waals surface area contributed by atoms with Gasteiger partial charge in [-0.05, 0) is 48.7 Å². The lowest BCUT2D eigenvalue weighted by Gasteiger charge is -2.16. The van der Waals surface area contributed by atoms with E-state index in [1.54, 1.807) is 38.1 Å². The minimum atomic E-state index is -0.628. The van der Waals surface area contributed by atoms with Crippen LogP contribution in [0, 0.1) is 13.8 Å². The van der Waals surface area contributed by atoms with E-state index < -0.39 is 5.97 Å². The van der Waals surface area contributed by atoms with Gasteiger partial charge in [-0.2, -0.15) is 0 Å². The van der Waals surface area contributed by atoms with E-state index in [9.17, 15) is 14.7 Å². The molecule has 0 amide bonds. The van der Waals surface area contributed by atoms with Crippen molar-refractivity contribution in [2.45, 2.75) is 26.9 Å². The van der Waals surface area contributed by atoms with Gasteiger partial charge >= 0.3 is 11.9 Å². The zero-order valence-electron chi connectivity index (χ0n) is 17.7. The molecule has 0 saturated heterocycles. The number of hydrogen-bond acceptors (Lipinski definition) is 6. The molecule has 1 N–H and O–H groups in total. The number of esters is 2. The first-order valence-electron chi connectivity index (χ1n) is 9.77. The fourth-order valence-electron chi connectivity index (χ4n) is 3.19. The Labute approximate surface area is 181 Å². The van der Waals surface area contributed by atoms with Crippen LogP contribution < -0.4 is 4.74 Å². The highest BCUT2D eigenvalue weighted by atomic mass is 16.5. The van der Waals surface area contributed by atoms with E-state index in [1.807, 2.05) is 30.3 Å². The van der Waals surface area contributed by atoms with E-state index in [0.717, 1.165) is 11.1 Å². The van der Waals surface area contributed by atoms with Crippen molar-refractivity contribution in [3.8, 4) is 17.2 Å². The van der Waals surface area contributed by atoms with Gasteiger partial charge in [-0.3, -0.25) is 4.79 Å². The van der Waals surface area contributed by atoms with E-state index >= 15 is 0 Å². The van der Waals surface area contributed by atoms with E-state index in [-0.39, 0.29) is 30.3 Å². The summed E-state index contributed by atoms with van der Waals surface area (Å²) < 4.78 is 16.1. The second kappa shape index (κ2) is 9.80. The number of rotatable bonds is 7. The summed E-state index contributed by atoms with van der Waals surface area (Å²) in [6.07, 6.45) is 0.172. The molecule has 0 radical (unpaired) electrons. The maximum absolute atomic E-state index is 12.7. The van der Waals surface area contributed by atoms with Crippen LogP contribution in [0.25, 0.3) is 0 Å². The summed E-state index contributed by atoms with van der Waals surface area (Å²) in [5, 5.41) is 10.4. The molecular formula is C25H24O6. The molecule has 3 aromatic carbocycles. The maximum Gasteiger partial charge on any atom is 0.342 e. The van der Waals surface area contributed by atoms with Gasteiger partial charge in [0.15, 0.2) is 0 Å². The third kappa shape index (κ3) is 5.42. The van der Waals surface area contributed by atoms with Gasteiger partial charge < -0.3 is 19.3 Å². The van der Waals surface area contributed by atoms with Crippen LogP contribution in [0.1, 0.15) is 32.6 Å². The predicted molar refractivity (Wildman–Crippen MR) is 115 cm³/mol. The van der Waals surface area contributed by atoms with Crippen LogP contribution in [0.15, 0.2) is 60.7 Å². The smallest absolute Gasteiger partial charge is 0.342 e. The number of phenolic OH excluding ortho intramolecular Hbond substituents is 1. The van der Waals surface area contributed by atoms with Gasteiger partial charge in [0.1, 0.15) is 29.4 Å². The van der Waals surface area contributed by atoms with Gasteiger partial charge in [0, 0.05) is 5.56 Å². The number of carbonyl (C=O) groups excluding carboxylic acids is 2. The van der Waals surface area contributed by atoms with Crippen molar-refractivity contribution in [3.05, 3.63) is 88.5 Å². The topological polar surface area (TPSA) is 82.1 Å². The van der Waals surface area contributed by atoms with Gasteiger partial charge in [0.25, 0.3) is 0 Å². The summed E-state index contributed by atoms with van der Waals surface area (Å²) in [6, 6.07) is 17.8. The molecule has 0 aliphatic rings. The van der Waals surface area contributed by atoms with Gasteiger partial charge in [-0.15, -0.1) is 0 Å². The molecule has 0 aliphatic heterocycles. The SMILES string of the molecule is COC(=O)Cc1ccc(Oc2c(C)cc(O)c(C(=O)OCc3ccccc3)c2C)cc1. The average Bonchev–Trinajstić information content (AvgIpc) is 2.76. The number of ether oxygens (including phenoxy) is 3. The number of aryl methyl sites for hydroxylation is 1. The standard InChI is InChI=1S/C25H24O6/c1-16-13-21(26)23(25(28)30-15-19-7-5-4-6-8-19)17(2)24(16)31-20-11-9-18(10-12-20)14-22(27)29-3/h4-13,26H,14-15H2,1-3H3. The molecule has 31 heavy (non-hydrogen) atoms. The summed E-state index contributed by atoms with van der Waals surface area (Å²) in [5.74, 6) is -0.109. The van der Waals surface area contributed by atoms with Crippen molar-refractivity contribution < 1.29 is 28.9 Å². The molecule has 160 valence electrons. The van der Waals surface area contributed by atoms with Crippen LogP contribution in [0.2, 0.25) is 0 Å². The van der Waals surface area contributed by atoms with Crippen molar-refractivity contribution in [2.24, 2.45) is 0 Å². The lowest BCUT2D eigenvalue weighted by molar-refractivity contribution is -0.139. The monoisotopic (exact) mass is 420 g/mol. The van der Waals surface area contributed by atoms with Crippen LogP contribution in [0.3, 0.4) is 0 Å². The Morgan fingerprint density at radius 3 is 2.26 bits per heavy atom. The molecule has 3 aromatic rings. The molecule has 0 atom stereocenters. The Bertz CT molecular complexity index is 1070. The molecule has 0 aromatic heterocycles. The largest absolute Gasteiger partial charge is 0.507 e. The van der Waals surface area contributed by atoms with Crippen LogP contribution in [0.5, 0.6) is 17.2 Å². The van der Waals surface area contributed by atoms with Crippen molar-refractivity contribution in [2.75, 3.05) is 7.11 Å². The highest BCUT2D eigenvalue weighted by molar-refractivity contribution is 5.95. The molecule has 6 nitrogen and oxygen atoms in total. The second-order valence-electron chi connectivity index (χ2n) is 7.10. The van der Waals surface area contributed by atoms with E-state index in [4.69, 9.17) is 9.47 Å². The highest BCUT2D eigenvalue weighted by Gasteiger charge is 2.22. The Morgan fingerprint density at radius 2 is 1.61 bits per heavy atom. The summed E-state index contributed by atoms with van der Waals surface area (Å²) in [5.41, 5.74) is 2.87. The molecule has 0 bridgehead atoms. The molecule has 3 rings (SSSR count). The first-order chi connectivity index (χ1) is 14.9. The van der Waals surface area contributed by atoms with Gasteiger partial charge in [0.05, 0.1) is 13.5 Å². The zero-order valence-corrected chi connectivity index (χ0v) is 17.7. The Kier molecular flexibility index (Phi) is 6.92. The third-order valence-corrected chi connectivity index (χ3v) is 4.82. The Balaban J connectivity index is 1.80. The number of benzene rings is 3. The molecule has 0 saturated carbocycles. The fourth-order valence-corrected chi connectivity index (χ4v) is 3.19. The Morgan fingerprint density at radius 1 is 0.935 bits per heavy atom. The van der Waals surface area contributed by atoms with Crippen molar-refractivity contribution >= 4 is 11.9 Å². The van der Waals surface area contributed by atoms with Gasteiger partial charge in [0.2, 0.25) is 0 Å². The fraction of sp³-hybridized carbons (Fsp3) is 0.200. The van der Waals surface area contributed by atoms with Crippen LogP contribution >= 0.6 is 0 Å². The molecule has 0 spiro atoms. The first-order valence-corrected chi connectivity index (χ1v) is 9.77. The molecule has 6 heteroatoms. The average molecular weight is 420 g/mol. The minimum absolute atomic E-state index is 0.0684. The molecule has 0 heterocycles. The lowest BCUT2D eigenvalue weighted by Crippen LogP contribution is -2.09. The van der Waals surface area contributed by atoms with Gasteiger partial charge in [-0.25, -0.2) is 4.79 Å². The van der Waals surface area contributed by atoms with Crippen LogP contribution in [-0.2, 0) is 27.3 Å². The quantitative estimate of drug-likeness (QED) is 0.549. The van der Waals surface area contributed by atoms with Gasteiger partial charge in [-0.1, -0.05) is 42.5 Å². The molecule has 0 fully saturated rings. The minimum Gasteiger partial charge on any atom is -0.507 e. The Hall–Kier alpha value is -3.80. The van der Waals surface area contributed by atoms with Crippen LogP contribution in [-0.4, -0.2) is 24.2 Å².